The Morgan fingerprint density at radius 3 is 2.71 bits per heavy atom. The second-order valence-corrected chi connectivity index (χ2v) is 9.01. The number of rotatable bonds is 3. The van der Waals surface area contributed by atoms with E-state index in [4.69, 9.17) is 0 Å². The number of hydrogen-bond acceptors (Lipinski definition) is 4. The molecular weight excluding hydrogens is 428 g/mol. The average Bonchev–Trinajstić information content (AvgIpc) is 3.42. The van der Waals surface area contributed by atoms with Gasteiger partial charge in [-0.05, 0) is 43.2 Å². The number of aromatic amines is 1. The molecule has 1 amide bonds. The van der Waals surface area contributed by atoms with E-state index in [2.05, 4.69) is 33.3 Å². The monoisotopic (exact) mass is 452 g/mol. The Labute approximate surface area is 195 Å². The summed E-state index contributed by atoms with van der Waals surface area (Å²) >= 11 is 0. The minimum absolute atomic E-state index is 0.0474. The van der Waals surface area contributed by atoms with Crippen molar-refractivity contribution < 1.29 is 4.79 Å². The molecule has 0 bridgehead atoms. The fourth-order valence-corrected chi connectivity index (χ4v) is 4.95. The predicted molar refractivity (Wildman–Crippen MR) is 130 cm³/mol. The molecule has 34 heavy (non-hydrogen) atoms. The van der Waals surface area contributed by atoms with Gasteiger partial charge in [0.15, 0.2) is 5.65 Å². The van der Waals surface area contributed by atoms with E-state index in [1.54, 1.807) is 4.68 Å². The highest BCUT2D eigenvalue weighted by molar-refractivity contribution is 5.86. The van der Waals surface area contributed by atoms with Crippen LogP contribution in [-0.2, 0) is 24.3 Å². The van der Waals surface area contributed by atoms with Crippen molar-refractivity contribution in [1.82, 2.24) is 29.2 Å². The van der Waals surface area contributed by atoms with E-state index in [0.29, 0.717) is 24.1 Å². The number of aryl methyl sites for hydroxylation is 2. The Morgan fingerprint density at radius 2 is 1.88 bits per heavy atom. The molecule has 5 aromatic rings. The van der Waals surface area contributed by atoms with E-state index in [9.17, 15) is 9.59 Å². The Hall–Kier alpha value is -4.20. The molecule has 170 valence electrons. The van der Waals surface area contributed by atoms with E-state index < -0.39 is 0 Å². The van der Waals surface area contributed by atoms with Gasteiger partial charge in [0.05, 0.1) is 11.9 Å². The summed E-state index contributed by atoms with van der Waals surface area (Å²) in [6.07, 6.45) is 3.75. The zero-order valence-corrected chi connectivity index (χ0v) is 19.1. The van der Waals surface area contributed by atoms with Crippen LogP contribution < -0.4 is 5.56 Å². The molecule has 8 heteroatoms. The van der Waals surface area contributed by atoms with Gasteiger partial charge in [0.25, 0.3) is 5.56 Å². The second-order valence-electron chi connectivity index (χ2n) is 9.01. The topological polar surface area (TPSA) is 88.8 Å². The number of hydrogen-bond donors (Lipinski definition) is 1. The van der Waals surface area contributed by atoms with Crippen molar-refractivity contribution in [3.8, 4) is 5.69 Å². The SMILES string of the molecule is Cc1cc(C)cc(-n2ncc3c(=O)n(CC(=O)N4CCc5[nH]c6ccccc6c5C4)cnc32)c1. The first-order valence-electron chi connectivity index (χ1n) is 11.4. The van der Waals surface area contributed by atoms with Crippen molar-refractivity contribution in [2.75, 3.05) is 6.54 Å². The molecule has 1 aliphatic rings. The number of carbonyl (C=O) groups excluding carboxylic acids is 1. The van der Waals surface area contributed by atoms with Gasteiger partial charge in [-0.1, -0.05) is 24.3 Å². The van der Waals surface area contributed by atoms with Crippen LogP contribution in [0.3, 0.4) is 0 Å². The summed E-state index contributed by atoms with van der Waals surface area (Å²) in [5.74, 6) is -0.0964. The summed E-state index contributed by atoms with van der Waals surface area (Å²) in [7, 11) is 0. The van der Waals surface area contributed by atoms with Gasteiger partial charge in [-0.2, -0.15) is 5.10 Å². The fraction of sp³-hybridized carbons (Fsp3) is 0.231. The van der Waals surface area contributed by atoms with Crippen molar-refractivity contribution >= 4 is 27.8 Å². The molecule has 6 rings (SSSR count). The molecule has 1 aliphatic heterocycles. The van der Waals surface area contributed by atoms with Crippen molar-refractivity contribution in [2.24, 2.45) is 0 Å². The molecule has 4 heterocycles. The van der Waals surface area contributed by atoms with E-state index >= 15 is 0 Å². The number of amides is 1. The molecular formula is C26H24N6O2. The lowest BCUT2D eigenvalue weighted by Gasteiger charge is -2.27. The quantitative estimate of drug-likeness (QED) is 0.455. The van der Waals surface area contributed by atoms with Gasteiger partial charge in [0, 0.05) is 41.7 Å². The van der Waals surface area contributed by atoms with Gasteiger partial charge in [-0.3, -0.25) is 14.2 Å². The van der Waals surface area contributed by atoms with Crippen molar-refractivity contribution in [2.45, 2.75) is 33.4 Å². The standard InChI is InChI=1S/C26H24N6O2/c1-16-9-17(2)11-18(10-16)32-25-20(12-28-32)26(34)31(15-27-25)14-24(33)30-8-7-23-21(13-30)19-5-3-4-6-22(19)29-23/h3-6,9-12,15,29H,7-8,13-14H2,1-2H3. The normalized spacial score (nSPS) is 13.5. The van der Waals surface area contributed by atoms with Gasteiger partial charge in [-0.15, -0.1) is 0 Å². The zero-order valence-electron chi connectivity index (χ0n) is 19.1. The number of fused-ring (bicyclic) bond motifs is 4. The van der Waals surface area contributed by atoms with Gasteiger partial charge in [0.1, 0.15) is 18.3 Å². The van der Waals surface area contributed by atoms with E-state index in [1.807, 2.05) is 43.0 Å². The third-order valence-electron chi connectivity index (χ3n) is 6.55. The maximum atomic E-state index is 13.2. The highest BCUT2D eigenvalue weighted by Crippen LogP contribution is 2.27. The Balaban J connectivity index is 1.28. The van der Waals surface area contributed by atoms with Crippen molar-refractivity contribution in [3.05, 3.63) is 87.7 Å². The molecule has 0 saturated heterocycles. The molecule has 2 aromatic carbocycles. The fourth-order valence-electron chi connectivity index (χ4n) is 4.95. The Morgan fingerprint density at radius 1 is 1.09 bits per heavy atom. The summed E-state index contributed by atoms with van der Waals surface area (Å²) in [6.45, 7) is 5.15. The summed E-state index contributed by atoms with van der Waals surface area (Å²) in [5, 5.41) is 5.95. The summed E-state index contributed by atoms with van der Waals surface area (Å²) in [5.41, 5.74) is 6.73. The number of aromatic nitrogens is 5. The molecule has 0 unspecified atom stereocenters. The Bertz CT molecular complexity index is 1620. The summed E-state index contributed by atoms with van der Waals surface area (Å²) in [6, 6.07) is 14.2. The molecule has 3 aromatic heterocycles. The van der Waals surface area contributed by atoms with Crippen LogP contribution in [0.5, 0.6) is 0 Å². The highest BCUT2D eigenvalue weighted by atomic mass is 16.2. The van der Waals surface area contributed by atoms with Crippen LogP contribution in [0, 0.1) is 13.8 Å². The van der Waals surface area contributed by atoms with Crippen LogP contribution in [0.25, 0.3) is 27.6 Å². The zero-order chi connectivity index (χ0) is 23.4. The number of H-pyrrole nitrogens is 1. The predicted octanol–water partition coefficient (Wildman–Crippen LogP) is 3.27. The van der Waals surface area contributed by atoms with Crippen LogP contribution in [0.1, 0.15) is 22.4 Å². The van der Waals surface area contributed by atoms with E-state index in [-0.39, 0.29) is 18.0 Å². The minimum atomic E-state index is -0.265. The van der Waals surface area contributed by atoms with Gasteiger partial charge in [0.2, 0.25) is 5.91 Å². The number of benzene rings is 2. The second kappa shape index (κ2) is 7.69. The number of nitrogens with one attached hydrogen (secondary N) is 1. The molecule has 1 N–H and O–H groups in total. The molecule has 8 nitrogen and oxygen atoms in total. The van der Waals surface area contributed by atoms with Crippen molar-refractivity contribution in [3.63, 3.8) is 0 Å². The molecule has 0 radical (unpaired) electrons. The Kier molecular flexibility index (Phi) is 4.62. The van der Waals surface area contributed by atoms with Crippen LogP contribution in [0.2, 0.25) is 0 Å². The van der Waals surface area contributed by atoms with Crippen molar-refractivity contribution in [1.29, 1.82) is 0 Å². The maximum Gasteiger partial charge on any atom is 0.264 e. The smallest absolute Gasteiger partial charge is 0.264 e. The number of nitrogens with zero attached hydrogens (tertiary/aromatic N) is 5. The largest absolute Gasteiger partial charge is 0.358 e. The molecule has 0 fully saturated rings. The van der Waals surface area contributed by atoms with Crippen LogP contribution in [0.4, 0.5) is 0 Å². The number of carbonyl (C=O) groups is 1. The van der Waals surface area contributed by atoms with Crippen LogP contribution in [0.15, 0.2) is 59.8 Å². The van der Waals surface area contributed by atoms with E-state index in [1.165, 1.54) is 22.8 Å². The summed E-state index contributed by atoms with van der Waals surface area (Å²) < 4.78 is 3.05. The summed E-state index contributed by atoms with van der Waals surface area (Å²) in [4.78, 5) is 36.1. The lowest BCUT2D eigenvalue weighted by molar-refractivity contribution is -0.132. The first-order chi connectivity index (χ1) is 16.5. The first-order valence-corrected chi connectivity index (χ1v) is 11.4. The average molecular weight is 453 g/mol. The number of para-hydroxylation sites is 1. The molecule has 0 atom stereocenters. The molecule has 0 spiro atoms. The third-order valence-corrected chi connectivity index (χ3v) is 6.55. The van der Waals surface area contributed by atoms with E-state index in [0.717, 1.165) is 39.7 Å². The molecule has 0 saturated carbocycles. The lowest BCUT2D eigenvalue weighted by Crippen LogP contribution is -2.39. The van der Waals surface area contributed by atoms with Gasteiger partial charge >= 0.3 is 0 Å². The maximum absolute atomic E-state index is 13.2. The lowest BCUT2D eigenvalue weighted by atomic mass is 10.0. The third kappa shape index (κ3) is 3.30. The van der Waals surface area contributed by atoms with Gasteiger partial charge in [-0.25, -0.2) is 9.67 Å². The molecule has 0 aliphatic carbocycles. The first kappa shape index (κ1) is 20.4. The van der Waals surface area contributed by atoms with Crippen LogP contribution in [-0.4, -0.2) is 41.7 Å². The van der Waals surface area contributed by atoms with Gasteiger partial charge < -0.3 is 9.88 Å². The van der Waals surface area contributed by atoms with Crippen LogP contribution >= 0.6 is 0 Å². The highest BCUT2D eigenvalue weighted by Gasteiger charge is 2.24. The minimum Gasteiger partial charge on any atom is -0.358 e.